The molecule has 0 aliphatic carbocycles. The number of hydrogen-bond donors (Lipinski definition) is 0. The van der Waals surface area contributed by atoms with Crippen LogP contribution in [-0.2, 0) is 9.31 Å². The summed E-state index contributed by atoms with van der Waals surface area (Å²) >= 11 is 0. The van der Waals surface area contributed by atoms with Crippen LogP contribution in [-0.4, -0.2) is 33.0 Å². The van der Waals surface area contributed by atoms with Gasteiger partial charge in [-0.15, -0.1) is 13.2 Å². The molecule has 0 saturated carbocycles. The minimum atomic E-state index is -4.80. The molecule has 1 saturated heterocycles. The molecule has 0 aromatic heterocycles. The average molecular weight is 418 g/mol. The standard InChI is InChI=1S/C19H30BF3O4Si/c1-16(2,3)28(8,9)25-15-11-13(10-14(12-15)24-19(21,22)23)20-26-17(4,5)18(6,7)27-20/h10-12H,1-9H3. The second-order valence-corrected chi connectivity index (χ2v) is 14.5. The van der Waals surface area contributed by atoms with Gasteiger partial charge >= 0.3 is 13.5 Å². The topological polar surface area (TPSA) is 36.9 Å². The molecule has 1 aromatic rings. The summed E-state index contributed by atoms with van der Waals surface area (Å²) in [5, 5.41) is -0.113. The van der Waals surface area contributed by atoms with Crippen molar-refractivity contribution in [2.24, 2.45) is 0 Å². The van der Waals surface area contributed by atoms with Crippen LogP contribution in [0.5, 0.6) is 11.5 Å². The molecule has 1 aliphatic rings. The summed E-state index contributed by atoms with van der Waals surface area (Å²) in [6.45, 7) is 17.8. The van der Waals surface area contributed by atoms with E-state index in [1.807, 2.05) is 40.8 Å². The van der Waals surface area contributed by atoms with E-state index >= 15 is 0 Å². The van der Waals surface area contributed by atoms with Crippen LogP contribution in [0, 0.1) is 0 Å². The number of halogens is 3. The maximum absolute atomic E-state index is 12.8. The SMILES string of the molecule is CC1(C)OB(c2cc(OC(F)(F)F)cc(O[Si](C)(C)C(C)(C)C)c2)OC1(C)C. The molecule has 1 aromatic carbocycles. The number of hydrogen-bond acceptors (Lipinski definition) is 4. The fourth-order valence-electron chi connectivity index (χ4n) is 2.41. The lowest BCUT2D eigenvalue weighted by Gasteiger charge is -2.36. The summed E-state index contributed by atoms with van der Waals surface area (Å²) in [6.07, 6.45) is -4.80. The quantitative estimate of drug-likeness (QED) is 0.625. The second kappa shape index (κ2) is 6.95. The van der Waals surface area contributed by atoms with Gasteiger partial charge in [0.2, 0.25) is 8.32 Å². The van der Waals surface area contributed by atoms with Crippen LogP contribution in [0.4, 0.5) is 13.2 Å². The maximum Gasteiger partial charge on any atom is 0.573 e. The van der Waals surface area contributed by atoms with Gasteiger partial charge in [-0.05, 0) is 63.4 Å². The minimum Gasteiger partial charge on any atom is -0.543 e. The average Bonchev–Trinajstić information content (AvgIpc) is 2.63. The van der Waals surface area contributed by atoms with Crippen LogP contribution < -0.4 is 14.6 Å². The number of rotatable bonds is 4. The lowest BCUT2D eigenvalue weighted by atomic mass is 9.79. The first-order valence-electron chi connectivity index (χ1n) is 9.28. The van der Waals surface area contributed by atoms with Crippen molar-refractivity contribution < 1.29 is 31.6 Å². The van der Waals surface area contributed by atoms with Gasteiger partial charge in [0.15, 0.2) is 0 Å². The highest BCUT2D eigenvalue weighted by Gasteiger charge is 2.52. The molecular formula is C19H30BF3O4Si. The Balaban J connectivity index is 2.45. The first-order valence-corrected chi connectivity index (χ1v) is 12.2. The first kappa shape index (κ1) is 23.1. The Labute approximate surface area is 167 Å². The van der Waals surface area contributed by atoms with E-state index in [2.05, 4.69) is 25.5 Å². The largest absolute Gasteiger partial charge is 0.573 e. The van der Waals surface area contributed by atoms with Crippen LogP contribution in [0.2, 0.25) is 18.1 Å². The third-order valence-corrected chi connectivity index (χ3v) is 10.2. The van der Waals surface area contributed by atoms with E-state index in [9.17, 15) is 13.2 Å². The molecule has 0 spiro atoms. The molecule has 0 atom stereocenters. The number of benzene rings is 1. The lowest BCUT2D eigenvalue weighted by Crippen LogP contribution is -2.44. The third kappa shape index (κ3) is 5.04. The Kier molecular flexibility index (Phi) is 5.73. The molecule has 0 radical (unpaired) electrons. The summed E-state index contributed by atoms with van der Waals surface area (Å²) in [5.74, 6) is -0.0357. The van der Waals surface area contributed by atoms with Crippen molar-refractivity contribution in [1.82, 2.24) is 0 Å². The van der Waals surface area contributed by atoms with Gasteiger partial charge in [0.25, 0.3) is 0 Å². The van der Waals surface area contributed by atoms with Crippen LogP contribution in [0.1, 0.15) is 48.5 Å². The number of ether oxygens (including phenoxy) is 1. The van der Waals surface area contributed by atoms with Crippen LogP contribution in [0.25, 0.3) is 0 Å². The fraction of sp³-hybridized carbons (Fsp3) is 0.684. The molecule has 1 fully saturated rings. The van der Waals surface area contributed by atoms with Gasteiger partial charge in [-0.2, -0.15) is 0 Å². The highest BCUT2D eigenvalue weighted by molar-refractivity contribution is 6.74. The van der Waals surface area contributed by atoms with Crippen molar-refractivity contribution in [3.05, 3.63) is 18.2 Å². The van der Waals surface area contributed by atoms with Crippen molar-refractivity contribution >= 4 is 20.9 Å². The van der Waals surface area contributed by atoms with Crippen molar-refractivity contribution in [1.29, 1.82) is 0 Å². The number of alkyl halides is 3. The van der Waals surface area contributed by atoms with Crippen molar-refractivity contribution in [2.45, 2.75) is 84.2 Å². The smallest absolute Gasteiger partial charge is 0.543 e. The molecule has 28 heavy (non-hydrogen) atoms. The molecule has 1 heterocycles. The summed E-state index contributed by atoms with van der Waals surface area (Å²) in [7, 11) is -3.08. The summed E-state index contributed by atoms with van der Waals surface area (Å²) in [4.78, 5) is 0. The van der Waals surface area contributed by atoms with E-state index in [0.717, 1.165) is 0 Å². The zero-order chi connectivity index (χ0) is 21.8. The third-order valence-electron chi connectivity index (χ3n) is 5.84. The van der Waals surface area contributed by atoms with Crippen LogP contribution in [0.15, 0.2) is 18.2 Å². The van der Waals surface area contributed by atoms with Gasteiger partial charge in [-0.1, -0.05) is 20.8 Å². The zero-order valence-corrected chi connectivity index (χ0v) is 19.1. The molecule has 0 amide bonds. The fourth-order valence-corrected chi connectivity index (χ4v) is 3.42. The predicted octanol–water partition coefficient (Wildman–Crippen LogP) is 5.27. The maximum atomic E-state index is 12.8. The Bertz CT molecular complexity index is 711. The Morgan fingerprint density at radius 3 is 1.79 bits per heavy atom. The molecule has 158 valence electrons. The van der Waals surface area contributed by atoms with Crippen molar-refractivity contribution in [3.8, 4) is 11.5 Å². The summed E-state index contributed by atoms with van der Waals surface area (Å²) in [6, 6.07) is 4.22. The minimum absolute atomic E-state index is 0.113. The van der Waals surface area contributed by atoms with Gasteiger partial charge in [-0.3, -0.25) is 0 Å². The van der Waals surface area contributed by atoms with E-state index in [1.54, 1.807) is 6.07 Å². The Hall–Kier alpha value is -1.19. The van der Waals surface area contributed by atoms with Crippen molar-refractivity contribution in [2.75, 3.05) is 0 Å². The van der Waals surface area contributed by atoms with Gasteiger partial charge in [0.05, 0.1) is 11.2 Å². The second-order valence-electron chi connectivity index (χ2n) is 9.74. The summed E-state index contributed by atoms with van der Waals surface area (Å²) in [5.41, 5.74) is -0.799. The molecule has 4 nitrogen and oxygen atoms in total. The molecule has 2 rings (SSSR count). The molecule has 0 N–H and O–H groups in total. The van der Waals surface area contributed by atoms with E-state index in [0.29, 0.717) is 11.2 Å². The van der Waals surface area contributed by atoms with E-state index in [1.165, 1.54) is 12.1 Å². The van der Waals surface area contributed by atoms with Gasteiger partial charge < -0.3 is 18.5 Å². The van der Waals surface area contributed by atoms with E-state index in [4.69, 9.17) is 13.7 Å². The zero-order valence-electron chi connectivity index (χ0n) is 18.1. The molecule has 0 unspecified atom stereocenters. The monoisotopic (exact) mass is 418 g/mol. The lowest BCUT2D eigenvalue weighted by molar-refractivity contribution is -0.274. The molecular weight excluding hydrogens is 388 g/mol. The Morgan fingerprint density at radius 2 is 1.36 bits per heavy atom. The van der Waals surface area contributed by atoms with Gasteiger partial charge in [0, 0.05) is 6.07 Å². The van der Waals surface area contributed by atoms with Crippen LogP contribution in [0.3, 0.4) is 0 Å². The van der Waals surface area contributed by atoms with E-state index in [-0.39, 0.29) is 10.8 Å². The van der Waals surface area contributed by atoms with E-state index < -0.39 is 33.0 Å². The summed E-state index contributed by atoms with van der Waals surface area (Å²) < 4.78 is 60.9. The molecule has 9 heteroatoms. The Morgan fingerprint density at radius 1 is 0.893 bits per heavy atom. The first-order chi connectivity index (χ1) is 12.3. The highest BCUT2D eigenvalue weighted by Crippen LogP contribution is 2.40. The normalized spacial score (nSPS) is 19.6. The highest BCUT2D eigenvalue weighted by atomic mass is 28.4. The van der Waals surface area contributed by atoms with Crippen molar-refractivity contribution in [3.63, 3.8) is 0 Å². The predicted molar refractivity (Wildman–Crippen MR) is 107 cm³/mol. The van der Waals surface area contributed by atoms with Gasteiger partial charge in [-0.25, -0.2) is 0 Å². The molecule has 0 bridgehead atoms. The molecule has 1 aliphatic heterocycles. The van der Waals surface area contributed by atoms with Crippen LogP contribution >= 0.6 is 0 Å². The van der Waals surface area contributed by atoms with Gasteiger partial charge in [0.1, 0.15) is 11.5 Å².